The van der Waals surface area contributed by atoms with Crippen LogP contribution in [0, 0.1) is 5.92 Å². The summed E-state index contributed by atoms with van der Waals surface area (Å²) in [7, 11) is 1.98. The van der Waals surface area contributed by atoms with Crippen LogP contribution < -0.4 is 5.32 Å². The maximum absolute atomic E-state index is 4.23. The average Bonchev–Trinajstić information content (AvgIpc) is 2.74. The fourth-order valence-corrected chi connectivity index (χ4v) is 2.58. The van der Waals surface area contributed by atoms with Gasteiger partial charge < -0.3 is 5.32 Å². The van der Waals surface area contributed by atoms with Crippen LogP contribution in [-0.4, -0.2) is 46.4 Å². The minimum absolute atomic E-state index is 0.634. The van der Waals surface area contributed by atoms with Crippen LogP contribution in [0.1, 0.15) is 26.3 Å². The van der Waals surface area contributed by atoms with Crippen molar-refractivity contribution in [1.29, 1.82) is 0 Å². The van der Waals surface area contributed by atoms with Crippen LogP contribution in [0.4, 0.5) is 0 Å². The minimum Gasteiger partial charge on any atom is -0.311 e. The SMILES string of the molecule is CC(C)C1CN(CCc2cnn(C)c2)C(C)CN1. The van der Waals surface area contributed by atoms with Crippen molar-refractivity contribution in [1.82, 2.24) is 20.0 Å². The predicted octanol–water partition coefficient (Wildman–Crippen LogP) is 1.28. The lowest BCUT2D eigenvalue weighted by atomic mass is 9.99. The van der Waals surface area contributed by atoms with Crippen molar-refractivity contribution in [3.05, 3.63) is 18.0 Å². The number of hydrogen-bond acceptors (Lipinski definition) is 3. The molecule has 102 valence electrons. The molecule has 0 saturated carbocycles. The second kappa shape index (κ2) is 5.85. The Labute approximate surface area is 110 Å². The molecule has 0 aliphatic carbocycles. The van der Waals surface area contributed by atoms with E-state index in [1.165, 1.54) is 12.1 Å². The molecule has 1 aliphatic rings. The highest BCUT2D eigenvalue weighted by molar-refractivity contribution is 5.04. The number of nitrogens with one attached hydrogen (secondary N) is 1. The van der Waals surface area contributed by atoms with Gasteiger partial charge in [0, 0.05) is 45.0 Å². The van der Waals surface area contributed by atoms with Gasteiger partial charge in [0.15, 0.2) is 0 Å². The highest BCUT2D eigenvalue weighted by atomic mass is 15.2. The molecule has 2 rings (SSSR count). The highest BCUT2D eigenvalue weighted by Gasteiger charge is 2.26. The molecular formula is C14H26N4. The number of aryl methyl sites for hydroxylation is 1. The summed E-state index contributed by atoms with van der Waals surface area (Å²) in [5, 5.41) is 7.87. The summed E-state index contributed by atoms with van der Waals surface area (Å²) in [6, 6.07) is 1.27. The Balaban J connectivity index is 1.86. The normalized spacial score (nSPS) is 25.8. The second-order valence-electron chi connectivity index (χ2n) is 5.87. The van der Waals surface area contributed by atoms with Gasteiger partial charge in [0.05, 0.1) is 6.20 Å². The van der Waals surface area contributed by atoms with Crippen molar-refractivity contribution in [2.24, 2.45) is 13.0 Å². The Morgan fingerprint density at radius 3 is 2.89 bits per heavy atom. The molecule has 0 radical (unpaired) electrons. The molecule has 18 heavy (non-hydrogen) atoms. The van der Waals surface area contributed by atoms with E-state index in [-0.39, 0.29) is 0 Å². The van der Waals surface area contributed by atoms with Crippen molar-refractivity contribution in [3.63, 3.8) is 0 Å². The van der Waals surface area contributed by atoms with Crippen molar-refractivity contribution < 1.29 is 0 Å². The van der Waals surface area contributed by atoms with Crippen LogP contribution >= 0.6 is 0 Å². The van der Waals surface area contributed by atoms with Gasteiger partial charge in [0.25, 0.3) is 0 Å². The number of piperazine rings is 1. The Hall–Kier alpha value is -0.870. The van der Waals surface area contributed by atoms with Gasteiger partial charge in [0.2, 0.25) is 0 Å². The first-order valence-electron chi connectivity index (χ1n) is 7.01. The lowest BCUT2D eigenvalue weighted by Gasteiger charge is -2.40. The zero-order chi connectivity index (χ0) is 13.1. The van der Waals surface area contributed by atoms with Gasteiger partial charge in [-0.15, -0.1) is 0 Å². The van der Waals surface area contributed by atoms with E-state index in [4.69, 9.17) is 0 Å². The minimum atomic E-state index is 0.634. The van der Waals surface area contributed by atoms with Crippen LogP contribution in [0.15, 0.2) is 12.4 Å². The third-order valence-electron chi connectivity index (χ3n) is 3.98. The van der Waals surface area contributed by atoms with Gasteiger partial charge in [-0.3, -0.25) is 9.58 Å². The van der Waals surface area contributed by atoms with Crippen LogP contribution in [0.25, 0.3) is 0 Å². The van der Waals surface area contributed by atoms with E-state index in [0.29, 0.717) is 18.0 Å². The molecule has 2 unspecified atom stereocenters. The molecule has 4 nitrogen and oxygen atoms in total. The number of rotatable bonds is 4. The van der Waals surface area contributed by atoms with E-state index in [0.717, 1.165) is 19.5 Å². The quantitative estimate of drug-likeness (QED) is 0.874. The number of aromatic nitrogens is 2. The van der Waals surface area contributed by atoms with E-state index in [1.54, 1.807) is 0 Å². The molecule has 1 saturated heterocycles. The van der Waals surface area contributed by atoms with E-state index < -0.39 is 0 Å². The van der Waals surface area contributed by atoms with Crippen molar-refractivity contribution in [2.45, 2.75) is 39.3 Å². The molecule has 0 bridgehead atoms. The second-order valence-corrected chi connectivity index (χ2v) is 5.87. The molecule has 0 spiro atoms. The zero-order valence-electron chi connectivity index (χ0n) is 12.1. The standard InChI is InChI=1S/C14H26N4/c1-11(2)14-10-18(12(3)7-15-14)6-5-13-8-16-17(4)9-13/h8-9,11-12,14-15H,5-7,10H2,1-4H3. The molecule has 1 aromatic rings. The molecule has 2 atom stereocenters. The summed E-state index contributed by atoms with van der Waals surface area (Å²) in [6.07, 6.45) is 5.20. The summed E-state index contributed by atoms with van der Waals surface area (Å²) in [4.78, 5) is 2.61. The van der Waals surface area contributed by atoms with Gasteiger partial charge in [-0.1, -0.05) is 13.8 Å². The first-order valence-corrected chi connectivity index (χ1v) is 7.01. The summed E-state index contributed by atoms with van der Waals surface area (Å²) < 4.78 is 1.88. The summed E-state index contributed by atoms with van der Waals surface area (Å²) in [6.45, 7) is 10.3. The van der Waals surface area contributed by atoms with Crippen molar-refractivity contribution in [2.75, 3.05) is 19.6 Å². The van der Waals surface area contributed by atoms with Crippen molar-refractivity contribution >= 4 is 0 Å². The molecule has 1 N–H and O–H groups in total. The van der Waals surface area contributed by atoms with Gasteiger partial charge in [-0.05, 0) is 24.8 Å². The Kier molecular flexibility index (Phi) is 4.40. The fraction of sp³-hybridized carbons (Fsp3) is 0.786. The van der Waals surface area contributed by atoms with Crippen LogP contribution in [0.3, 0.4) is 0 Å². The van der Waals surface area contributed by atoms with E-state index in [1.807, 2.05) is 17.9 Å². The molecule has 0 amide bonds. The monoisotopic (exact) mass is 250 g/mol. The maximum atomic E-state index is 4.23. The van der Waals surface area contributed by atoms with Gasteiger partial charge >= 0.3 is 0 Å². The largest absolute Gasteiger partial charge is 0.311 e. The number of nitrogens with zero attached hydrogens (tertiary/aromatic N) is 3. The highest BCUT2D eigenvalue weighted by Crippen LogP contribution is 2.13. The topological polar surface area (TPSA) is 33.1 Å². The lowest BCUT2D eigenvalue weighted by Crippen LogP contribution is -2.57. The lowest BCUT2D eigenvalue weighted by molar-refractivity contribution is 0.124. The van der Waals surface area contributed by atoms with Crippen molar-refractivity contribution in [3.8, 4) is 0 Å². The molecule has 2 heterocycles. The van der Waals surface area contributed by atoms with Gasteiger partial charge in [-0.25, -0.2) is 0 Å². The number of hydrogen-bond donors (Lipinski definition) is 1. The van der Waals surface area contributed by atoms with Gasteiger partial charge in [0.1, 0.15) is 0 Å². The fourth-order valence-electron chi connectivity index (χ4n) is 2.58. The summed E-state index contributed by atoms with van der Waals surface area (Å²) >= 11 is 0. The Morgan fingerprint density at radius 1 is 1.50 bits per heavy atom. The molecule has 1 aliphatic heterocycles. The first kappa shape index (κ1) is 13.6. The van der Waals surface area contributed by atoms with Crippen LogP contribution in [0.5, 0.6) is 0 Å². The summed E-state index contributed by atoms with van der Waals surface area (Å²) in [5.41, 5.74) is 1.34. The van der Waals surface area contributed by atoms with Gasteiger partial charge in [-0.2, -0.15) is 5.10 Å². The molecular weight excluding hydrogens is 224 g/mol. The zero-order valence-corrected chi connectivity index (χ0v) is 12.1. The Bertz CT molecular complexity index is 372. The third-order valence-corrected chi connectivity index (χ3v) is 3.98. The Morgan fingerprint density at radius 2 is 2.28 bits per heavy atom. The molecule has 1 aromatic heterocycles. The third kappa shape index (κ3) is 3.33. The van der Waals surface area contributed by atoms with E-state index in [9.17, 15) is 0 Å². The van der Waals surface area contributed by atoms with Crippen LogP contribution in [0.2, 0.25) is 0 Å². The smallest absolute Gasteiger partial charge is 0.0522 e. The molecule has 0 aromatic carbocycles. The first-order chi connectivity index (χ1) is 8.56. The maximum Gasteiger partial charge on any atom is 0.0522 e. The van der Waals surface area contributed by atoms with E-state index >= 15 is 0 Å². The summed E-state index contributed by atoms with van der Waals surface area (Å²) in [5.74, 6) is 0.707. The average molecular weight is 250 g/mol. The molecule has 1 fully saturated rings. The predicted molar refractivity (Wildman–Crippen MR) is 74.6 cm³/mol. The van der Waals surface area contributed by atoms with Crippen LogP contribution in [-0.2, 0) is 13.5 Å². The molecule has 4 heteroatoms. The van der Waals surface area contributed by atoms with E-state index in [2.05, 4.69) is 42.3 Å².